The fourth-order valence-corrected chi connectivity index (χ4v) is 3.46. The third-order valence-corrected chi connectivity index (χ3v) is 4.88. The summed E-state index contributed by atoms with van der Waals surface area (Å²) in [4.78, 5) is 2.30. The number of likely N-dealkylation sites (tertiary alicyclic amines) is 1. The monoisotopic (exact) mass is 299 g/mol. The van der Waals surface area contributed by atoms with Crippen LogP contribution in [-0.4, -0.2) is 48.5 Å². The van der Waals surface area contributed by atoms with Crippen LogP contribution >= 0.6 is 0 Å². The van der Waals surface area contributed by atoms with Crippen molar-refractivity contribution in [2.24, 2.45) is 17.8 Å². The molecule has 0 bridgehead atoms. The van der Waals surface area contributed by atoms with Gasteiger partial charge in [-0.2, -0.15) is 0 Å². The van der Waals surface area contributed by atoms with Crippen LogP contribution in [0.3, 0.4) is 0 Å². The van der Waals surface area contributed by atoms with E-state index in [2.05, 4.69) is 25.7 Å². The largest absolute Gasteiger partial charge is 0.389 e. The molecule has 4 atom stereocenters. The Kier molecular flexibility index (Phi) is 8.84. The molecule has 1 aliphatic heterocycles. The Labute approximate surface area is 132 Å². The molecule has 0 aromatic carbocycles. The van der Waals surface area contributed by atoms with Gasteiger partial charge in [0.05, 0.1) is 18.8 Å². The van der Waals surface area contributed by atoms with Crippen LogP contribution in [0, 0.1) is 17.8 Å². The van der Waals surface area contributed by atoms with Gasteiger partial charge in [0.25, 0.3) is 0 Å². The third-order valence-electron chi connectivity index (χ3n) is 4.88. The average molecular weight is 299 g/mol. The zero-order valence-corrected chi connectivity index (χ0v) is 14.8. The molecular weight excluding hydrogens is 262 g/mol. The van der Waals surface area contributed by atoms with Gasteiger partial charge < -0.3 is 14.7 Å². The van der Waals surface area contributed by atoms with Crippen LogP contribution in [0.25, 0.3) is 0 Å². The molecule has 21 heavy (non-hydrogen) atoms. The van der Waals surface area contributed by atoms with Crippen LogP contribution in [0.4, 0.5) is 0 Å². The zero-order valence-electron chi connectivity index (χ0n) is 14.8. The highest BCUT2D eigenvalue weighted by Gasteiger charge is 2.31. The van der Waals surface area contributed by atoms with E-state index < -0.39 is 0 Å². The molecule has 3 heteroatoms. The Morgan fingerprint density at radius 2 is 1.86 bits per heavy atom. The van der Waals surface area contributed by atoms with Gasteiger partial charge in [-0.1, -0.05) is 41.0 Å². The lowest BCUT2D eigenvalue weighted by Gasteiger charge is -2.38. The lowest BCUT2D eigenvalue weighted by atomic mass is 9.75. The van der Waals surface area contributed by atoms with Crippen molar-refractivity contribution >= 4 is 0 Å². The first kappa shape index (κ1) is 18.9. The first-order chi connectivity index (χ1) is 10.1. The van der Waals surface area contributed by atoms with Crippen LogP contribution in [0.2, 0.25) is 0 Å². The first-order valence-corrected chi connectivity index (χ1v) is 9.08. The van der Waals surface area contributed by atoms with Crippen molar-refractivity contribution in [1.82, 2.24) is 4.90 Å². The number of aliphatic hydroxyl groups is 1. The SMILES string of the molecule is CC.CC1CCC(C(C)C)C(OCC(O)CN2CCC2)C1. The van der Waals surface area contributed by atoms with Crippen molar-refractivity contribution in [2.75, 3.05) is 26.2 Å². The average Bonchev–Trinajstić information content (AvgIpc) is 2.42. The van der Waals surface area contributed by atoms with Crippen molar-refractivity contribution < 1.29 is 9.84 Å². The summed E-state index contributed by atoms with van der Waals surface area (Å²) >= 11 is 0. The molecule has 2 aliphatic rings. The maximum Gasteiger partial charge on any atom is 0.0900 e. The smallest absolute Gasteiger partial charge is 0.0900 e. The molecule has 0 aromatic heterocycles. The topological polar surface area (TPSA) is 32.7 Å². The van der Waals surface area contributed by atoms with Crippen molar-refractivity contribution in [3.8, 4) is 0 Å². The summed E-state index contributed by atoms with van der Waals surface area (Å²) < 4.78 is 6.08. The van der Waals surface area contributed by atoms with E-state index in [4.69, 9.17) is 4.74 Å². The quantitative estimate of drug-likeness (QED) is 0.814. The van der Waals surface area contributed by atoms with Gasteiger partial charge >= 0.3 is 0 Å². The lowest BCUT2D eigenvalue weighted by Crippen LogP contribution is -2.44. The Morgan fingerprint density at radius 3 is 2.38 bits per heavy atom. The normalized spacial score (nSPS) is 31.3. The number of aliphatic hydroxyl groups excluding tert-OH is 1. The van der Waals surface area contributed by atoms with Gasteiger partial charge in [-0.05, 0) is 50.1 Å². The Morgan fingerprint density at radius 1 is 1.19 bits per heavy atom. The number of rotatable bonds is 6. The predicted octanol–water partition coefficient (Wildman–Crippen LogP) is 3.56. The fourth-order valence-electron chi connectivity index (χ4n) is 3.46. The van der Waals surface area contributed by atoms with E-state index in [-0.39, 0.29) is 6.10 Å². The van der Waals surface area contributed by atoms with Gasteiger partial charge in [0.1, 0.15) is 0 Å². The second kappa shape index (κ2) is 9.81. The Balaban J connectivity index is 0.00000106. The fraction of sp³-hybridized carbons (Fsp3) is 1.00. The molecule has 0 aromatic rings. The highest BCUT2D eigenvalue weighted by Crippen LogP contribution is 2.35. The van der Waals surface area contributed by atoms with Crippen molar-refractivity contribution in [2.45, 2.75) is 72.5 Å². The van der Waals surface area contributed by atoms with Gasteiger partial charge in [-0.15, -0.1) is 0 Å². The maximum atomic E-state index is 10.0. The number of ether oxygens (including phenoxy) is 1. The van der Waals surface area contributed by atoms with Gasteiger partial charge in [0.15, 0.2) is 0 Å². The molecule has 1 saturated heterocycles. The first-order valence-electron chi connectivity index (χ1n) is 9.08. The Bertz CT molecular complexity index is 266. The molecule has 4 unspecified atom stereocenters. The van der Waals surface area contributed by atoms with E-state index in [1.807, 2.05) is 13.8 Å². The highest BCUT2D eigenvalue weighted by molar-refractivity contribution is 4.82. The predicted molar refractivity (Wildman–Crippen MR) is 89.5 cm³/mol. The summed E-state index contributed by atoms with van der Waals surface area (Å²) in [5.74, 6) is 2.13. The van der Waals surface area contributed by atoms with E-state index in [0.29, 0.717) is 24.5 Å². The van der Waals surface area contributed by atoms with Crippen LogP contribution in [-0.2, 0) is 4.74 Å². The summed E-state index contributed by atoms with van der Waals surface area (Å²) in [7, 11) is 0. The Hall–Kier alpha value is -0.120. The van der Waals surface area contributed by atoms with E-state index in [1.54, 1.807) is 0 Å². The number of hydrogen-bond donors (Lipinski definition) is 1. The van der Waals surface area contributed by atoms with Crippen molar-refractivity contribution in [1.29, 1.82) is 0 Å². The molecule has 126 valence electrons. The van der Waals surface area contributed by atoms with E-state index in [9.17, 15) is 5.11 Å². The molecule has 0 radical (unpaired) electrons. The summed E-state index contributed by atoms with van der Waals surface area (Å²) in [6.45, 7) is 14.5. The molecule has 2 rings (SSSR count). The zero-order chi connectivity index (χ0) is 15.8. The summed E-state index contributed by atoms with van der Waals surface area (Å²) in [5, 5.41) is 10.0. The minimum Gasteiger partial charge on any atom is -0.389 e. The summed E-state index contributed by atoms with van der Waals surface area (Å²) in [6, 6.07) is 0. The van der Waals surface area contributed by atoms with E-state index in [0.717, 1.165) is 25.6 Å². The molecule has 1 N–H and O–H groups in total. The lowest BCUT2D eigenvalue weighted by molar-refractivity contribution is -0.0764. The van der Waals surface area contributed by atoms with Gasteiger partial charge in [0, 0.05) is 6.54 Å². The number of β-amino-alcohol motifs (C(OH)–C–C–N with tert-alkyl or cyclic N) is 1. The minimum atomic E-state index is -0.314. The highest BCUT2D eigenvalue weighted by atomic mass is 16.5. The van der Waals surface area contributed by atoms with Gasteiger partial charge in [0.2, 0.25) is 0 Å². The van der Waals surface area contributed by atoms with Gasteiger partial charge in [-0.25, -0.2) is 0 Å². The molecule has 1 saturated carbocycles. The molecule has 3 nitrogen and oxygen atoms in total. The van der Waals surface area contributed by atoms with Crippen molar-refractivity contribution in [3.63, 3.8) is 0 Å². The number of nitrogens with zero attached hydrogens (tertiary/aromatic N) is 1. The van der Waals surface area contributed by atoms with Crippen molar-refractivity contribution in [3.05, 3.63) is 0 Å². The minimum absolute atomic E-state index is 0.314. The standard InChI is InChI=1S/C16H31NO2.C2H6/c1-12(2)15-6-5-13(3)9-16(15)19-11-14(18)10-17-7-4-8-17;1-2/h12-16,18H,4-11H2,1-3H3;1-2H3. The maximum absolute atomic E-state index is 10.0. The second-order valence-corrected chi connectivity index (χ2v) is 7.01. The molecular formula is C18H37NO2. The van der Waals surface area contributed by atoms with Crippen LogP contribution in [0.1, 0.15) is 60.3 Å². The molecule has 1 heterocycles. The van der Waals surface area contributed by atoms with E-state index >= 15 is 0 Å². The summed E-state index contributed by atoms with van der Waals surface area (Å²) in [6.07, 6.45) is 5.10. The number of hydrogen-bond acceptors (Lipinski definition) is 3. The molecule has 0 spiro atoms. The van der Waals surface area contributed by atoms with Gasteiger partial charge in [-0.3, -0.25) is 0 Å². The molecule has 2 fully saturated rings. The van der Waals surface area contributed by atoms with Crippen LogP contribution < -0.4 is 0 Å². The second-order valence-electron chi connectivity index (χ2n) is 7.01. The summed E-state index contributed by atoms with van der Waals surface area (Å²) in [5.41, 5.74) is 0. The van der Waals surface area contributed by atoms with Crippen LogP contribution in [0.5, 0.6) is 0 Å². The third kappa shape index (κ3) is 6.25. The molecule has 1 aliphatic carbocycles. The molecule has 0 amide bonds. The van der Waals surface area contributed by atoms with Crippen LogP contribution in [0.15, 0.2) is 0 Å². The van der Waals surface area contributed by atoms with E-state index in [1.165, 1.54) is 25.7 Å².